The van der Waals surface area contributed by atoms with E-state index in [2.05, 4.69) is 217 Å². The Labute approximate surface area is 304 Å². The maximum atomic E-state index is 2.42. The van der Waals surface area contributed by atoms with E-state index in [1.807, 2.05) is 0 Å². The SMILES string of the molecule is c1ccc(C2(c3cccc(N(c4ccc(-c5cccc6ccccc56)cc4)c4ccc5ccccc5c4)c3)c3ccccc3-c3ccccc32)cc1. The van der Waals surface area contributed by atoms with Crippen molar-refractivity contribution in [1.29, 1.82) is 0 Å². The van der Waals surface area contributed by atoms with E-state index >= 15 is 0 Å². The number of nitrogens with zero attached hydrogens (tertiary/aromatic N) is 1. The summed E-state index contributed by atoms with van der Waals surface area (Å²) >= 11 is 0. The maximum Gasteiger partial charge on any atom is 0.0714 e. The van der Waals surface area contributed by atoms with Crippen LogP contribution in [0.1, 0.15) is 22.3 Å². The van der Waals surface area contributed by atoms with E-state index in [1.165, 1.54) is 66.1 Å². The summed E-state index contributed by atoms with van der Waals surface area (Å²) in [4.78, 5) is 2.41. The van der Waals surface area contributed by atoms with Crippen molar-refractivity contribution in [3.63, 3.8) is 0 Å². The average Bonchev–Trinajstić information content (AvgIpc) is 3.53. The molecule has 244 valence electrons. The first-order valence-electron chi connectivity index (χ1n) is 18.0. The monoisotopic (exact) mass is 661 g/mol. The third-order valence-electron chi connectivity index (χ3n) is 10.9. The molecule has 1 aliphatic carbocycles. The minimum atomic E-state index is -0.474. The van der Waals surface area contributed by atoms with Crippen LogP contribution in [-0.2, 0) is 5.41 Å². The summed E-state index contributed by atoms with van der Waals surface area (Å²) < 4.78 is 0. The van der Waals surface area contributed by atoms with Gasteiger partial charge in [-0.15, -0.1) is 0 Å². The summed E-state index contributed by atoms with van der Waals surface area (Å²) in [6.45, 7) is 0. The fraction of sp³-hybridized carbons (Fsp3) is 0.0196. The molecule has 52 heavy (non-hydrogen) atoms. The van der Waals surface area contributed by atoms with E-state index in [9.17, 15) is 0 Å². The largest absolute Gasteiger partial charge is 0.310 e. The van der Waals surface area contributed by atoms with Gasteiger partial charge in [-0.1, -0.05) is 176 Å². The Morgan fingerprint density at radius 2 is 0.846 bits per heavy atom. The molecule has 0 saturated heterocycles. The zero-order chi connectivity index (χ0) is 34.5. The normalized spacial score (nSPS) is 12.8. The van der Waals surface area contributed by atoms with Crippen LogP contribution in [0.5, 0.6) is 0 Å². The standard InChI is InChI=1S/C51H35N/c1-2-18-40(19-3-1)51(49-26-10-8-23-47(49)48-24-9-11-27-50(48)51)41-20-13-21-43(35-41)52(44-33-28-36-14-4-5-16-39(36)34-44)42-31-29-38(30-32-42)46-25-12-17-37-15-6-7-22-45(37)46/h1-35H. The van der Waals surface area contributed by atoms with Gasteiger partial charge < -0.3 is 4.90 Å². The summed E-state index contributed by atoms with van der Waals surface area (Å²) in [7, 11) is 0. The molecule has 0 fully saturated rings. The van der Waals surface area contributed by atoms with Crippen LogP contribution in [0.3, 0.4) is 0 Å². The molecule has 0 bridgehead atoms. The van der Waals surface area contributed by atoms with Crippen LogP contribution in [-0.4, -0.2) is 0 Å². The molecule has 1 nitrogen and oxygen atoms in total. The third-order valence-corrected chi connectivity index (χ3v) is 10.9. The average molecular weight is 662 g/mol. The van der Waals surface area contributed by atoms with Gasteiger partial charge in [0.25, 0.3) is 0 Å². The Morgan fingerprint density at radius 1 is 0.308 bits per heavy atom. The van der Waals surface area contributed by atoms with E-state index in [1.54, 1.807) is 0 Å². The molecule has 0 amide bonds. The minimum Gasteiger partial charge on any atom is -0.310 e. The molecular formula is C51H35N. The van der Waals surface area contributed by atoms with Gasteiger partial charge in [-0.05, 0) is 102 Å². The summed E-state index contributed by atoms with van der Waals surface area (Å²) in [5.41, 5.74) is 13.0. The number of hydrogen-bond donors (Lipinski definition) is 0. The molecule has 0 radical (unpaired) electrons. The van der Waals surface area contributed by atoms with Gasteiger partial charge in [0.1, 0.15) is 0 Å². The molecule has 0 atom stereocenters. The molecule has 10 rings (SSSR count). The first-order chi connectivity index (χ1) is 25.8. The topological polar surface area (TPSA) is 3.24 Å². The summed E-state index contributed by atoms with van der Waals surface area (Å²) in [6.07, 6.45) is 0. The number of rotatable bonds is 6. The van der Waals surface area contributed by atoms with Crippen molar-refractivity contribution in [2.75, 3.05) is 4.90 Å². The lowest BCUT2D eigenvalue weighted by Crippen LogP contribution is -2.28. The second kappa shape index (κ2) is 12.3. The van der Waals surface area contributed by atoms with Crippen LogP contribution in [0.4, 0.5) is 17.1 Å². The lowest BCUT2D eigenvalue weighted by atomic mass is 9.67. The van der Waals surface area contributed by atoms with Crippen molar-refractivity contribution in [3.8, 4) is 22.3 Å². The molecule has 0 N–H and O–H groups in total. The maximum absolute atomic E-state index is 2.42. The van der Waals surface area contributed by atoms with Crippen LogP contribution in [0.25, 0.3) is 43.8 Å². The van der Waals surface area contributed by atoms with Crippen LogP contribution >= 0.6 is 0 Å². The van der Waals surface area contributed by atoms with Crippen LogP contribution < -0.4 is 4.90 Å². The van der Waals surface area contributed by atoms with E-state index in [0.29, 0.717) is 0 Å². The second-order valence-electron chi connectivity index (χ2n) is 13.7. The second-order valence-corrected chi connectivity index (χ2v) is 13.7. The number of fused-ring (bicyclic) bond motifs is 5. The van der Waals surface area contributed by atoms with Gasteiger partial charge in [0.15, 0.2) is 0 Å². The fourth-order valence-corrected chi connectivity index (χ4v) is 8.62. The third kappa shape index (κ3) is 4.71. The molecule has 1 aliphatic rings. The molecule has 9 aromatic rings. The van der Waals surface area contributed by atoms with E-state index in [4.69, 9.17) is 0 Å². The van der Waals surface area contributed by atoms with E-state index < -0.39 is 5.41 Å². The zero-order valence-corrected chi connectivity index (χ0v) is 28.7. The molecule has 0 aliphatic heterocycles. The van der Waals surface area contributed by atoms with Gasteiger partial charge in [-0.2, -0.15) is 0 Å². The van der Waals surface area contributed by atoms with Gasteiger partial charge in [0.05, 0.1) is 5.41 Å². The van der Waals surface area contributed by atoms with Gasteiger partial charge >= 0.3 is 0 Å². The van der Waals surface area contributed by atoms with E-state index in [0.717, 1.165) is 17.1 Å². The van der Waals surface area contributed by atoms with Crippen LogP contribution in [0.15, 0.2) is 212 Å². The molecule has 0 aromatic heterocycles. The Balaban J connectivity index is 1.18. The van der Waals surface area contributed by atoms with Crippen LogP contribution in [0, 0.1) is 0 Å². The quantitative estimate of drug-likeness (QED) is 0.171. The Morgan fingerprint density at radius 3 is 1.62 bits per heavy atom. The Kier molecular flexibility index (Phi) is 7.11. The highest BCUT2D eigenvalue weighted by molar-refractivity contribution is 5.97. The highest BCUT2D eigenvalue weighted by Gasteiger charge is 2.46. The van der Waals surface area contributed by atoms with Gasteiger partial charge in [0, 0.05) is 17.1 Å². The molecule has 0 spiro atoms. The molecule has 9 aromatic carbocycles. The van der Waals surface area contributed by atoms with Gasteiger partial charge in [-0.25, -0.2) is 0 Å². The summed E-state index contributed by atoms with van der Waals surface area (Å²) in [5, 5.41) is 4.96. The molecular weight excluding hydrogens is 627 g/mol. The number of hydrogen-bond acceptors (Lipinski definition) is 1. The van der Waals surface area contributed by atoms with Crippen molar-refractivity contribution in [2.45, 2.75) is 5.41 Å². The lowest BCUT2D eigenvalue weighted by molar-refractivity contribution is 0.768. The highest BCUT2D eigenvalue weighted by atomic mass is 15.1. The van der Waals surface area contributed by atoms with Crippen molar-refractivity contribution in [2.24, 2.45) is 0 Å². The molecule has 0 unspecified atom stereocenters. The highest BCUT2D eigenvalue weighted by Crippen LogP contribution is 2.56. The zero-order valence-electron chi connectivity index (χ0n) is 28.7. The molecule has 0 heterocycles. The number of benzene rings is 9. The Hall–Kier alpha value is -6.70. The van der Waals surface area contributed by atoms with Crippen molar-refractivity contribution >= 4 is 38.6 Å². The predicted octanol–water partition coefficient (Wildman–Crippen LogP) is 13.5. The summed E-state index contributed by atoms with van der Waals surface area (Å²) in [6, 6.07) is 77.8. The minimum absolute atomic E-state index is 0.474. The first-order valence-corrected chi connectivity index (χ1v) is 18.0. The smallest absolute Gasteiger partial charge is 0.0714 e. The van der Waals surface area contributed by atoms with Gasteiger partial charge in [-0.3, -0.25) is 0 Å². The first kappa shape index (κ1) is 30.2. The Bertz CT molecular complexity index is 2690. The van der Waals surface area contributed by atoms with E-state index in [-0.39, 0.29) is 0 Å². The molecule has 0 saturated carbocycles. The van der Waals surface area contributed by atoms with Crippen molar-refractivity contribution in [1.82, 2.24) is 0 Å². The molecule has 1 heteroatoms. The predicted molar refractivity (Wildman–Crippen MR) is 219 cm³/mol. The van der Waals surface area contributed by atoms with Crippen molar-refractivity contribution in [3.05, 3.63) is 235 Å². The van der Waals surface area contributed by atoms with Crippen LogP contribution in [0.2, 0.25) is 0 Å². The van der Waals surface area contributed by atoms with Gasteiger partial charge in [0.2, 0.25) is 0 Å². The number of anilines is 3. The van der Waals surface area contributed by atoms with Crippen molar-refractivity contribution < 1.29 is 0 Å². The summed E-state index contributed by atoms with van der Waals surface area (Å²) in [5.74, 6) is 0. The fourth-order valence-electron chi connectivity index (χ4n) is 8.62. The lowest BCUT2D eigenvalue weighted by Gasteiger charge is -2.35.